The van der Waals surface area contributed by atoms with E-state index in [1.807, 2.05) is 19.3 Å². The number of nitrogens with zero attached hydrogens (tertiary/aromatic N) is 3. The Bertz CT molecular complexity index is 904. The number of halogens is 1. The number of aromatic nitrogens is 3. The standard InChI is InChI=1S/C19H19FN4O/c1-12-11-25-19-15(7-8-21-17(19)9-22-12)16-10-24(2)23-18(16)13-3-5-14(20)6-4-13/h3-8,10,12,22H,9,11H2,1-2H3. The first-order valence-corrected chi connectivity index (χ1v) is 8.26. The first-order valence-electron chi connectivity index (χ1n) is 8.26. The van der Waals surface area contributed by atoms with Crippen LogP contribution in [0.2, 0.25) is 0 Å². The van der Waals surface area contributed by atoms with Crippen molar-refractivity contribution >= 4 is 0 Å². The molecule has 0 aliphatic carbocycles. The Balaban J connectivity index is 1.85. The fourth-order valence-corrected chi connectivity index (χ4v) is 3.04. The lowest BCUT2D eigenvalue weighted by Gasteiger charge is -2.12. The van der Waals surface area contributed by atoms with Gasteiger partial charge < -0.3 is 10.1 Å². The molecule has 1 atom stereocenters. The van der Waals surface area contributed by atoms with E-state index < -0.39 is 0 Å². The van der Waals surface area contributed by atoms with Crippen LogP contribution in [-0.2, 0) is 13.6 Å². The van der Waals surface area contributed by atoms with E-state index in [1.54, 1.807) is 23.0 Å². The number of aryl methyl sites for hydroxylation is 1. The normalized spacial score (nSPS) is 16.8. The Hall–Kier alpha value is -2.73. The van der Waals surface area contributed by atoms with Crippen molar-refractivity contribution < 1.29 is 9.13 Å². The summed E-state index contributed by atoms with van der Waals surface area (Å²) >= 11 is 0. The van der Waals surface area contributed by atoms with Gasteiger partial charge in [0.25, 0.3) is 0 Å². The molecule has 3 aromatic rings. The molecular weight excluding hydrogens is 319 g/mol. The van der Waals surface area contributed by atoms with Gasteiger partial charge in [-0.05, 0) is 37.3 Å². The zero-order chi connectivity index (χ0) is 17.4. The SMILES string of the molecule is CC1COc2c(-c3cn(C)nc3-c3ccc(F)cc3)ccnc2CN1. The maximum Gasteiger partial charge on any atom is 0.150 e. The summed E-state index contributed by atoms with van der Waals surface area (Å²) in [6.07, 6.45) is 3.75. The van der Waals surface area contributed by atoms with Crippen molar-refractivity contribution in [2.75, 3.05) is 6.61 Å². The fraction of sp³-hybridized carbons (Fsp3) is 0.263. The molecule has 6 heteroatoms. The molecule has 0 fully saturated rings. The van der Waals surface area contributed by atoms with Crippen LogP contribution in [0.3, 0.4) is 0 Å². The van der Waals surface area contributed by atoms with Crippen molar-refractivity contribution in [1.82, 2.24) is 20.1 Å². The van der Waals surface area contributed by atoms with Crippen molar-refractivity contribution in [3.05, 3.63) is 54.2 Å². The summed E-state index contributed by atoms with van der Waals surface area (Å²) < 4.78 is 21.1. The summed E-state index contributed by atoms with van der Waals surface area (Å²) in [5.41, 5.74) is 4.44. The molecule has 128 valence electrons. The molecule has 0 saturated heterocycles. The molecule has 1 aliphatic heterocycles. The van der Waals surface area contributed by atoms with E-state index in [1.165, 1.54) is 12.1 Å². The van der Waals surface area contributed by atoms with Gasteiger partial charge in [0.05, 0.1) is 5.69 Å². The lowest BCUT2D eigenvalue weighted by Crippen LogP contribution is -2.28. The average Bonchev–Trinajstić information content (AvgIpc) is 2.89. The minimum absolute atomic E-state index is 0.257. The molecule has 3 heterocycles. The summed E-state index contributed by atoms with van der Waals surface area (Å²) in [5.74, 6) is 0.526. The van der Waals surface area contributed by atoms with Crippen LogP contribution in [-0.4, -0.2) is 27.4 Å². The van der Waals surface area contributed by atoms with Crippen molar-refractivity contribution in [1.29, 1.82) is 0 Å². The van der Waals surface area contributed by atoms with Gasteiger partial charge in [-0.25, -0.2) is 4.39 Å². The number of benzene rings is 1. The van der Waals surface area contributed by atoms with Crippen molar-refractivity contribution in [3.63, 3.8) is 0 Å². The lowest BCUT2D eigenvalue weighted by atomic mass is 10.0. The molecule has 1 aromatic carbocycles. The van der Waals surface area contributed by atoms with E-state index in [9.17, 15) is 4.39 Å². The zero-order valence-electron chi connectivity index (χ0n) is 14.2. The van der Waals surface area contributed by atoms with Crippen molar-refractivity contribution in [2.45, 2.75) is 19.5 Å². The molecular formula is C19H19FN4O. The van der Waals surface area contributed by atoms with Crippen LogP contribution in [0, 0.1) is 5.82 Å². The molecule has 0 amide bonds. The second kappa shape index (κ2) is 6.29. The predicted molar refractivity (Wildman–Crippen MR) is 93.6 cm³/mol. The summed E-state index contributed by atoms with van der Waals surface area (Å²) in [7, 11) is 1.88. The van der Waals surface area contributed by atoms with Gasteiger partial charge in [0.2, 0.25) is 0 Å². The van der Waals surface area contributed by atoms with Gasteiger partial charge in [-0.2, -0.15) is 5.10 Å². The van der Waals surface area contributed by atoms with Crippen molar-refractivity contribution in [3.8, 4) is 28.1 Å². The molecule has 0 spiro atoms. The lowest BCUT2D eigenvalue weighted by molar-refractivity contribution is 0.288. The van der Waals surface area contributed by atoms with E-state index in [2.05, 4.69) is 22.3 Å². The van der Waals surface area contributed by atoms with Crippen LogP contribution >= 0.6 is 0 Å². The Morgan fingerprint density at radius 2 is 2.00 bits per heavy atom. The van der Waals surface area contributed by atoms with Gasteiger partial charge in [0.15, 0.2) is 0 Å². The Morgan fingerprint density at radius 1 is 1.20 bits per heavy atom. The Morgan fingerprint density at radius 3 is 2.80 bits per heavy atom. The van der Waals surface area contributed by atoms with Gasteiger partial charge in [0, 0.05) is 48.7 Å². The largest absolute Gasteiger partial charge is 0.489 e. The smallest absolute Gasteiger partial charge is 0.150 e. The minimum atomic E-state index is -0.262. The summed E-state index contributed by atoms with van der Waals surface area (Å²) in [6.45, 7) is 3.33. The van der Waals surface area contributed by atoms with Gasteiger partial charge >= 0.3 is 0 Å². The van der Waals surface area contributed by atoms with E-state index in [4.69, 9.17) is 4.74 Å². The van der Waals surface area contributed by atoms with Crippen LogP contribution in [0.1, 0.15) is 12.6 Å². The van der Waals surface area contributed by atoms with Gasteiger partial charge in [-0.1, -0.05) is 0 Å². The van der Waals surface area contributed by atoms with Gasteiger partial charge in [-0.3, -0.25) is 9.67 Å². The third-order valence-electron chi connectivity index (χ3n) is 4.31. The molecule has 0 bridgehead atoms. The average molecular weight is 338 g/mol. The maximum absolute atomic E-state index is 13.3. The monoisotopic (exact) mass is 338 g/mol. The summed E-state index contributed by atoms with van der Waals surface area (Å²) in [5, 5.41) is 7.96. The number of fused-ring (bicyclic) bond motifs is 1. The minimum Gasteiger partial charge on any atom is -0.489 e. The number of rotatable bonds is 2. The number of hydrogen-bond acceptors (Lipinski definition) is 4. The van der Waals surface area contributed by atoms with Crippen LogP contribution in [0.5, 0.6) is 5.75 Å². The molecule has 4 rings (SSSR count). The quantitative estimate of drug-likeness (QED) is 0.780. The third-order valence-corrected chi connectivity index (χ3v) is 4.31. The highest BCUT2D eigenvalue weighted by atomic mass is 19.1. The molecule has 5 nitrogen and oxygen atoms in total. The molecule has 0 radical (unpaired) electrons. The van der Waals surface area contributed by atoms with Crippen LogP contribution in [0.25, 0.3) is 22.4 Å². The summed E-state index contributed by atoms with van der Waals surface area (Å²) in [4.78, 5) is 4.46. The first-order chi connectivity index (χ1) is 12.1. The maximum atomic E-state index is 13.3. The number of pyridine rings is 1. The molecule has 0 saturated carbocycles. The van der Waals surface area contributed by atoms with Crippen molar-refractivity contribution in [2.24, 2.45) is 7.05 Å². The Kier molecular flexibility index (Phi) is 3.97. The van der Waals surface area contributed by atoms with Gasteiger partial charge in [0.1, 0.15) is 23.9 Å². The molecule has 25 heavy (non-hydrogen) atoms. The van der Waals surface area contributed by atoms with Crippen LogP contribution in [0.15, 0.2) is 42.7 Å². The van der Waals surface area contributed by atoms with E-state index >= 15 is 0 Å². The predicted octanol–water partition coefficient (Wildman–Crippen LogP) is 3.16. The van der Waals surface area contributed by atoms with Crippen LogP contribution < -0.4 is 10.1 Å². The van der Waals surface area contributed by atoms with Gasteiger partial charge in [-0.15, -0.1) is 0 Å². The second-order valence-corrected chi connectivity index (χ2v) is 6.30. The highest BCUT2D eigenvalue weighted by Gasteiger charge is 2.22. The number of nitrogens with one attached hydrogen (secondary N) is 1. The second-order valence-electron chi connectivity index (χ2n) is 6.30. The summed E-state index contributed by atoms with van der Waals surface area (Å²) in [6, 6.07) is 8.58. The number of hydrogen-bond donors (Lipinski definition) is 1. The highest BCUT2D eigenvalue weighted by Crippen LogP contribution is 2.38. The molecule has 1 aliphatic rings. The topological polar surface area (TPSA) is 52.0 Å². The third kappa shape index (κ3) is 3.00. The van der Waals surface area contributed by atoms with E-state index in [0.717, 1.165) is 33.8 Å². The van der Waals surface area contributed by atoms with E-state index in [-0.39, 0.29) is 11.9 Å². The van der Waals surface area contributed by atoms with E-state index in [0.29, 0.717) is 13.2 Å². The number of ether oxygens (including phenoxy) is 1. The first kappa shape index (κ1) is 15.8. The highest BCUT2D eigenvalue weighted by molar-refractivity contribution is 5.83. The molecule has 2 aromatic heterocycles. The fourth-order valence-electron chi connectivity index (χ4n) is 3.04. The molecule has 1 N–H and O–H groups in total. The zero-order valence-corrected chi connectivity index (χ0v) is 14.2. The van der Waals surface area contributed by atoms with Crippen LogP contribution in [0.4, 0.5) is 4.39 Å². The Labute approximate surface area is 145 Å². The molecule has 1 unspecified atom stereocenters.